The summed E-state index contributed by atoms with van der Waals surface area (Å²) in [6, 6.07) is 4.03. The molecule has 0 fully saturated rings. The quantitative estimate of drug-likeness (QED) is 0.319. The van der Waals surface area contributed by atoms with Gasteiger partial charge in [-0.2, -0.15) is 0 Å². The normalized spacial score (nSPS) is 10.8. The van der Waals surface area contributed by atoms with Gasteiger partial charge in [0.1, 0.15) is 11.7 Å². The van der Waals surface area contributed by atoms with Gasteiger partial charge in [-0.15, -0.1) is 0 Å². The van der Waals surface area contributed by atoms with Crippen LogP contribution in [0.2, 0.25) is 0 Å². The van der Waals surface area contributed by atoms with E-state index in [-0.39, 0.29) is 5.84 Å². The van der Waals surface area contributed by atoms with Crippen LogP contribution in [0.3, 0.4) is 0 Å². The lowest BCUT2D eigenvalue weighted by molar-refractivity contribution is 0.316. The second-order valence-electron chi connectivity index (χ2n) is 4.04. The lowest BCUT2D eigenvalue weighted by Gasteiger charge is -2.06. The van der Waals surface area contributed by atoms with Crippen molar-refractivity contribution in [2.45, 2.75) is 52.9 Å². The first-order chi connectivity index (χ1) is 9.17. The van der Waals surface area contributed by atoms with E-state index in [1.54, 1.807) is 0 Å². The molecule has 0 saturated heterocycles. The van der Waals surface area contributed by atoms with E-state index < -0.39 is 0 Å². The Kier molecular flexibility index (Phi) is 9.22. The van der Waals surface area contributed by atoms with E-state index in [2.05, 4.69) is 17.1 Å². The summed E-state index contributed by atoms with van der Waals surface area (Å²) >= 11 is 0. The third-order valence-corrected chi connectivity index (χ3v) is 2.58. The standard InChI is InChI=1S/C12H20N4O.C2H6/c1-2-4-9-7-8-10(15-12(9)14)5-3-6-11(13)16-17;1-2/h7-8,17H,2-6H2,1H3,(H2,13,16)(H2,14,15);1-2H3. The van der Waals surface area contributed by atoms with Gasteiger partial charge in [-0.25, -0.2) is 4.98 Å². The van der Waals surface area contributed by atoms with E-state index >= 15 is 0 Å². The van der Waals surface area contributed by atoms with Gasteiger partial charge in [-0.05, 0) is 30.9 Å². The molecule has 5 nitrogen and oxygen atoms in total. The van der Waals surface area contributed by atoms with Crippen LogP contribution in [-0.2, 0) is 12.8 Å². The molecular weight excluding hydrogens is 240 g/mol. The van der Waals surface area contributed by atoms with Gasteiger partial charge in [0.05, 0.1) is 0 Å². The first-order valence-corrected chi connectivity index (χ1v) is 6.88. The SMILES string of the molecule is CC.CCCc1ccc(CCC/C(N)=N/O)nc1N. The van der Waals surface area contributed by atoms with Gasteiger partial charge in [-0.3, -0.25) is 0 Å². The molecule has 5 heteroatoms. The lowest BCUT2D eigenvalue weighted by atomic mass is 10.1. The van der Waals surface area contributed by atoms with Gasteiger partial charge in [0.15, 0.2) is 0 Å². The minimum Gasteiger partial charge on any atom is -0.409 e. The number of hydrogen-bond donors (Lipinski definition) is 3. The molecule has 108 valence electrons. The Labute approximate surface area is 115 Å². The van der Waals surface area contributed by atoms with Crippen LogP contribution in [0.1, 0.15) is 51.3 Å². The van der Waals surface area contributed by atoms with Gasteiger partial charge in [0.25, 0.3) is 0 Å². The highest BCUT2D eigenvalue weighted by atomic mass is 16.4. The zero-order valence-corrected chi connectivity index (χ0v) is 12.2. The van der Waals surface area contributed by atoms with Crippen molar-refractivity contribution in [1.82, 2.24) is 4.98 Å². The molecule has 0 aliphatic heterocycles. The zero-order chi connectivity index (χ0) is 14.7. The number of nitrogens with two attached hydrogens (primary N) is 2. The molecule has 0 aliphatic rings. The summed E-state index contributed by atoms with van der Waals surface area (Å²) in [4.78, 5) is 4.35. The number of rotatable bonds is 6. The van der Waals surface area contributed by atoms with Crippen LogP contribution in [0.25, 0.3) is 0 Å². The van der Waals surface area contributed by atoms with Crippen molar-refractivity contribution in [3.05, 3.63) is 23.4 Å². The Hall–Kier alpha value is -1.78. The number of amidine groups is 1. The van der Waals surface area contributed by atoms with Crippen molar-refractivity contribution in [2.75, 3.05) is 5.73 Å². The summed E-state index contributed by atoms with van der Waals surface area (Å²) in [6.45, 7) is 6.12. The summed E-state index contributed by atoms with van der Waals surface area (Å²) in [5.41, 5.74) is 13.3. The molecule has 0 radical (unpaired) electrons. The first kappa shape index (κ1) is 17.2. The third kappa shape index (κ3) is 6.64. The lowest BCUT2D eigenvalue weighted by Crippen LogP contribution is -2.11. The molecule has 1 aromatic heterocycles. The Morgan fingerprint density at radius 3 is 2.53 bits per heavy atom. The van der Waals surface area contributed by atoms with E-state index in [1.807, 2.05) is 26.0 Å². The minimum atomic E-state index is 0.251. The van der Waals surface area contributed by atoms with Crippen LogP contribution in [0, 0.1) is 0 Å². The van der Waals surface area contributed by atoms with E-state index in [1.165, 1.54) is 0 Å². The smallest absolute Gasteiger partial charge is 0.139 e. The number of anilines is 1. The minimum absolute atomic E-state index is 0.251. The van der Waals surface area contributed by atoms with Crippen molar-refractivity contribution in [3.63, 3.8) is 0 Å². The van der Waals surface area contributed by atoms with E-state index in [4.69, 9.17) is 16.7 Å². The first-order valence-electron chi connectivity index (χ1n) is 6.88. The van der Waals surface area contributed by atoms with Crippen LogP contribution >= 0.6 is 0 Å². The van der Waals surface area contributed by atoms with Crippen molar-refractivity contribution < 1.29 is 5.21 Å². The summed E-state index contributed by atoms with van der Waals surface area (Å²) in [6.07, 6.45) is 4.18. The van der Waals surface area contributed by atoms with Crippen LogP contribution in [0.5, 0.6) is 0 Å². The third-order valence-electron chi connectivity index (χ3n) is 2.58. The monoisotopic (exact) mass is 266 g/mol. The number of oxime groups is 1. The Morgan fingerprint density at radius 2 is 2.00 bits per heavy atom. The number of aromatic nitrogens is 1. The molecular formula is C14H26N4O. The molecule has 19 heavy (non-hydrogen) atoms. The molecule has 0 bridgehead atoms. The number of nitrogens with zero attached hydrogens (tertiary/aromatic N) is 2. The van der Waals surface area contributed by atoms with E-state index in [9.17, 15) is 0 Å². The molecule has 5 N–H and O–H groups in total. The molecule has 0 amide bonds. The Balaban J connectivity index is 0.00000154. The molecule has 0 unspecified atom stereocenters. The highest BCUT2D eigenvalue weighted by Crippen LogP contribution is 2.13. The molecule has 0 saturated carbocycles. The fourth-order valence-corrected chi connectivity index (χ4v) is 1.67. The summed E-state index contributed by atoms with van der Waals surface area (Å²) in [7, 11) is 0. The predicted molar refractivity (Wildman–Crippen MR) is 80.3 cm³/mol. The maximum atomic E-state index is 8.40. The fraction of sp³-hybridized carbons (Fsp3) is 0.571. The van der Waals surface area contributed by atoms with E-state index in [0.717, 1.165) is 36.9 Å². The number of nitrogen functional groups attached to an aromatic ring is 1. The molecule has 1 heterocycles. The largest absolute Gasteiger partial charge is 0.409 e. The second kappa shape index (κ2) is 10.2. The highest BCUT2D eigenvalue weighted by molar-refractivity contribution is 5.79. The van der Waals surface area contributed by atoms with Gasteiger partial charge < -0.3 is 16.7 Å². The van der Waals surface area contributed by atoms with Crippen LogP contribution in [-0.4, -0.2) is 16.0 Å². The second-order valence-corrected chi connectivity index (χ2v) is 4.04. The average molecular weight is 266 g/mol. The predicted octanol–water partition coefficient (Wildman–Crippen LogP) is 2.71. The summed E-state index contributed by atoms with van der Waals surface area (Å²) < 4.78 is 0. The number of hydrogen-bond acceptors (Lipinski definition) is 4. The van der Waals surface area contributed by atoms with Crippen LogP contribution < -0.4 is 11.5 Å². The van der Waals surface area contributed by atoms with Gasteiger partial charge in [-0.1, -0.05) is 38.4 Å². The maximum absolute atomic E-state index is 8.40. The molecule has 1 rings (SSSR count). The van der Waals surface area contributed by atoms with Crippen molar-refractivity contribution in [3.8, 4) is 0 Å². The topological polar surface area (TPSA) is 97.5 Å². The number of pyridine rings is 1. The average Bonchev–Trinajstić information content (AvgIpc) is 2.44. The molecule has 0 aromatic carbocycles. The Bertz CT molecular complexity index is 391. The molecule has 0 atom stereocenters. The highest BCUT2D eigenvalue weighted by Gasteiger charge is 2.02. The van der Waals surface area contributed by atoms with Crippen LogP contribution in [0.4, 0.5) is 5.82 Å². The fourth-order valence-electron chi connectivity index (χ4n) is 1.67. The molecule has 0 spiro atoms. The molecule has 0 aliphatic carbocycles. The van der Waals surface area contributed by atoms with Crippen LogP contribution in [0.15, 0.2) is 17.3 Å². The van der Waals surface area contributed by atoms with E-state index in [0.29, 0.717) is 12.2 Å². The van der Waals surface area contributed by atoms with Gasteiger partial charge in [0, 0.05) is 12.1 Å². The van der Waals surface area contributed by atoms with Gasteiger partial charge in [0.2, 0.25) is 0 Å². The summed E-state index contributed by atoms with van der Waals surface area (Å²) in [5, 5.41) is 11.3. The Morgan fingerprint density at radius 1 is 1.32 bits per heavy atom. The van der Waals surface area contributed by atoms with Crippen molar-refractivity contribution in [1.29, 1.82) is 0 Å². The maximum Gasteiger partial charge on any atom is 0.139 e. The van der Waals surface area contributed by atoms with Crippen molar-refractivity contribution in [2.24, 2.45) is 10.9 Å². The number of aryl methyl sites for hydroxylation is 2. The molecule has 1 aromatic rings. The zero-order valence-electron chi connectivity index (χ0n) is 12.2. The summed E-state index contributed by atoms with van der Waals surface area (Å²) in [5.74, 6) is 0.869. The van der Waals surface area contributed by atoms with Crippen molar-refractivity contribution >= 4 is 11.7 Å². The van der Waals surface area contributed by atoms with Gasteiger partial charge >= 0.3 is 0 Å².